The number of hydrogen-bond acceptors (Lipinski definition) is 5. The molecule has 0 aliphatic heterocycles. The molecule has 0 aliphatic rings. The monoisotopic (exact) mass is 424 g/mol. The van der Waals surface area contributed by atoms with E-state index in [1.54, 1.807) is 41.8 Å². The largest absolute Gasteiger partial charge is 0.478 e. The number of nitrogens with one attached hydrogen (secondary N) is 1. The lowest BCUT2D eigenvalue weighted by Gasteiger charge is -2.12. The Morgan fingerprint density at radius 2 is 1.67 bits per heavy atom. The second-order valence-corrected chi connectivity index (χ2v) is 7.28. The van der Waals surface area contributed by atoms with Gasteiger partial charge in [-0.15, -0.1) is 11.3 Å². The highest BCUT2D eigenvalue weighted by atomic mass is 32.1. The topological polar surface area (TPSA) is 82.5 Å². The van der Waals surface area contributed by atoms with Gasteiger partial charge in [0, 0.05) is 28.1 Å². The van der Waals surface area contributed by atoms with Crippen molar-refractivity contribution in [2.45, 2.75) is 0 Å². The van der Waals surface area contributed by atoms with Crippen LogP contribution in [0, 0.1) is 11.6 Å². The van der Waals surface area contributed by atoms with Gasteiger partial charge in [-0.1, -0.05) is 30.3 Å². The Hall–Kier alpha value is -3.62. The fourth-order valence-electron chi connectivity index (χ4n) is 3.15. The van der Waals surface area contributed by atoms with Gasteiger partial charge in [-0.05, 0) is 29.8 Å². The van der Waals surface area contributed by atoms with Gasteiger partial charge in [-0.3, -0.25) is 10.7 Å². The lowest BCUT2D eigenvalue weighted by molar-refractivity contribution is 0.0697. The average molecular weight is 424 g/mol. The van der Waals surface area contributed by atoms with Crippen LogP contribution in [-0.2, 0) is 0 Å². The van der Waals surface area contributed by atoms with E-state index in [0.717, 1.165) is 6.07 Å². The molecule has 4 rings (SSSR count). The molecular weight excluding hydrogens is 410 g/mol. The zero-order valence-electron chi connectivity index (χ0n) is 15.3. The summed E-state index contributed by atoms with van der Waals surface area (Å²) in [6.45, 7) is 0. The molecule has 0 atom stereocenters. The summed E-state index contributed by atoms with van der Waals surface area (Å²) in [7, 11) is 0. The molecular formula is C22H14F2N2O3S. The number of anilines is 1. The molecule has 0 fully saturated rings. The van der Waals surface area contributed by atoms with Crippen molar-refractivity contribution in [1.29, 1.82) is 0 Å². The second-order valence-electron chi connectivity index (χ2n) is 6.42. The van der Waals surface area contributed by atoms with Crippen LogP contribution in [0.1, 0.15) is 10.4 Å². The third-order valence-electron chi connectivity index (χ3n) is 4.50. The van der Waals surface area contributed by atoms with Crippen LogP contribution >= 0.6 is 11.3 Å². The van der Waals surface area contributed by atoms with Gasteiger partial charge >= 0.3 is 5.97 Å². The number of rotatable bonds is 5. The smallest absolute Gasteiger partial charge is 0.336 e. The van der Waals surface area contributed by atoms with E-state index in [0.29, 0.717) is 38.6 Å². The molecule has 0 saturated carbocycles. The van der Waals surface area contributed by atoms with E-state index >= 15 is 0 Å². The number of halogens is 2. The Labute approximate surface area is 173 Å². The summed E-state index contributed by atoms with van der Waals surface area (Å²) in [5, 5.41) is 21.2. The number of hydrogen-bond donors (Lipinski definition) is 3. The standard InChI is InChI=1S/C22H14F2N2O3S/c23-14-7-13(8-15(24)10-14)20-11-30-21(25-20)12-5-6-16(18(9-12)22(27)28)17-3-1-2-4-19(17)26-29/h1-11,26,29H,(H,27,28). The number of carbonyl (C=O) groups is 1. The third kappa shape index (κ3) is 3.78. The molecule has 0 aliphatic carbocycles. The van der Waals surface area contributed by atoms with Gasteiger partial charge in [0.25, 0.3) is 0 Å². The molecule has 0 bridgehead atoms. The summed E-state index contributed by atoms with van der Waals surface area (Å²) in [4.78, 5) is 16.3. The first-order chi connectivity index (χ1) is 14.5. The van der Waals surface area contributed by atoms with Gasteiger partial charge < -0.3 is 5.11 Å². The number of para-hydroxylation sites is 1. The van der Waals surface area contributed by atoms with E-state index in [9.17, 15) is 23.9 Å². The maximum atomic E-state index is 13.5. The predicted octanol–water partition coefficient (Wildman–Crippen LogP) is 5.92. The summed E-state index contributed by atoms with van der Waals surface area (Å²) in [5.41, 5.74) is 4.67. The minimum Gasteiger partial charge on any atom is -0.478 e. The molecule has 0 spiro atoms. The van der Waals surface area contributed by atoms with Crippen molar-refractivity contribution < 1.29 is 23.9 Å². The second kappa shape index (κ2) is 8.02. The molecule has 0 saturated heterocycles. The van der Waals surface area contributed by atoms with Crippen molar-refractivity contribution in [1.82, 2.24) is 4.98 Å². The number of nitrogens with zero attached hydrogens (tertiary/aromatic N) is 1. The predicted molar refractivity (Wildman–Crippen MR) is 111 cm³/mol. The Bertz CT molecular complexity index is 1240. The molecule has 1 heterocycles. The zero-order valence-corrected chi connectivity index (χ0v) is 16.1. The van der Waals surface area contributed by atoms with Gasteiger partial charge in [-0.25, -0.2) is 18.6 Å². The van der Waals surface area contributed by atoms with Crippen molar-refractivity contribution in [3.8, 4) is 33.0 Å². The van der Waals surface area contributed by atoms with Crippen LogP contribution < -0.4 is 5.48 Å². The van der Waals surface area contributed by atoms with Gasteiger partial charge in [0.2, 0.25) is 0 Å². The highest BCUT2D eigenvalue weighted by molar-refractivity contribution is 7.13. The van der Waals surface area contributed by atoms with E-state index in [4.69, 9.17) is 0 Å². The molecule has 0 radical (unpaired) electrons. The van der Waals surface area contributed by atoms with Gasteiger partial charge in [0.1, 0.15) is 16.6 Å². The van der Waals surface area contributed by atoms with E-state index in [1.807, 2.05) is 0 Å². The maximum absolute atomic E-state index is 13.5. The molecule has 3 N–H and O–H groups in total. The Morgan fingerprint density at radius 1 is 0.933 bits per heavy atom. The minimum absolute atomic E-state index is 0.0313. The van der Waals surface area contributed by atoms with Crippen molar-refractivity contribution in [3.05, 3.63) is 83.2 Å². The summed E-state index contributed by atoms with van der Waals surface area (Å²) < 4.78 is 27.0. The summed E-state index contributed by atoms with van der Waals surface area (Å²) in [6, 6.07) is 14.8. The number of benzene rings is 3. The fraction of sp³-hybridized carbons (Fsp3) is 0. The molecule has 3 aromatic carbocycles. The summed E-state index contributed by atoms with van der Waals surface area (Å²) in [5.74, 6) is -2.54. The number of carboxylic acids is 1. The molecule has 1 aromatic heterocycles. The average Bonchev–Trinajstić information content (AvgIpc) is 3.23. The van der Waals surface area contributed by atoms with Crippen LogP contribution in [0.3, 0.4) is 0 Å². The highest BCUT2D eigenvalue weighted by Crippen LogP contribution is 2.35. The summed E-state index contributed by atoms with van der Waals surface area (Å²) in [6.07, 6.45) is 0. The maximum Gasteiger partial charge on any atom is 0.336 e. The van der Waals surface area contributed by atoms with Crippen molar-refractivity contribution in [2.75, 3.05) is 5.48 Å². The first-order valence-electron chi connectivity index (χ1n) is 8.75. The fourth-order valence-corrected chi connectivity index (χ4v) is 3.97. The summed E-state index contributed by atoms with van der Waals surface area (Å²) >= 11 is 1.24. The number of aromatic carboxylic acids is 1. The van der Waals surface area contributed by atoms with Crippen LogP contribution in [0.4, 0.5) is 14.5 Å². The van der Waals surface area contributed by atoms with Crippen LogP contribution in [0.2, 0.25) is 0 Å². The first-order valence-corrected chi connectivity index (χ1v) is 9.63. The van der Waals surface area contributed by atoms with Crippen molar-refractivity contribution >= 4 is 23.0 Å². The van der Waals surface area contributed by atoms with Crippen LogP contribution in [0.25, 0.3) is 33.0 Å². The van der Waals surface area contributed by atoms with Crippen molar-refractivity contribution in [2.24, 2.45) is 0 Å². The van der Waals surface area contributed by atoms with Gasteiger partial charge in [0.05, 0.1) is 16.9 Å². The first kappa shape index (κ1) is 19.7. The normalized spacial score (nSPS) is 10.8. The SMILES string of the molecule is O=C(O)c1cc(-c2nc(-c3cc(F)cc(F)c3)cs2)ccc1-c1ccccc1NO. The van der Waals surface area contributed by atoms with E-state index < -0.39 is 17.6 Å². The van der Waals surface area contributed by atoms with Gasteiger partial charge in [0.15, 0.2) is 0 Å². The van der Waals surface area contributed by atoms with E-state index in [1.165, 1.54) is 29.5 Å². The molecule has 30 heavy (non-hydrogen) atoms. The lowest BCUT2D eigenvalue weighted by Crippen LogP contribution is -2.02. The molecule has 5 nitrogen and oxygen atoms in total. The van der Waals surface area contributed by atoms with E-state index in [2.05, 4.69) is 10.5 Å². The molecule has 0 amide bonds. The zero-order chi connectivity index (χ0) is 21.3. The Balaban J connectivity index is 1.77. The number of carboxylic acid groups (broad SMARTS) is 1. The number of aromatic nitrogens is 1. The molecule has 4 aromatic rings. The lowest BCUT2D eigenvalue weighted by atomic mass is 9.96. The Kier molecular flexibility index (Phi) is 5.26. The van der Waals surface area contributed by atoms with E-state index in [-0.39, 0.29) is 5.56 Å². The van der Waals surface area contributed by atoms with Crippen LogP contribution in [0.15, 0.2) is 66.0 Å². The van der Waals surface area contributed by atoms with Crippen molar-refractivity contribution in [3.63, 3.8) is 0 Å². The molecule has 0 unspecified atom stereocenters. The quantitative estimate of drug-likeness (QED) is 0.346. The Morgan fingerprint density at radius 3 is 2.37 bits per heavy atom. The third-order valence-corrected chi connectivity index (χ3v) is 5.39. The van der Waals surface area contributed by atoms with Crippen LogP contribution in [0.5, 0.6) is 0 Å². The molecule has 8 heteroatoms. The highest BCUT2D eigenvalue weighted by Gasteiger charge is 2.17. The van der Waals surface area contributed by atoms with Crippen LogP contribution in [-0.4, -0.2) is 21.3 Å². The molecule has 150 valence electrons. The van der Waals surface area contributed by atoms with Gasteiger partial charge in [-0.2, -0.15) is 0 Å². The number of thiazole rings is 1. The minimum atomic E-state index is -1.14.